The second kappa shape index (κ2) is 7.65. The Labute approximate surface area is 133 Å². The number of carbonyl (C=O) groups excluding carboxylic acids is 1. The number of halogens is 1. The molecular formula is C14H20BrO5P. The topological polar surface area (TPSA) is 72.8 Å². The summed E-state index contributed by atoms with van der Waals surface area (Å²) in [4.78, 5) is 11.6. The van der Waals surface area contributed by atoms with Crippen LogP contribution in [-0.4, -0.2) is 24.1 Å². The van der Waals surface area contributed by atoms with Gasteiger partial charge in [0, 0.05) is 4.47 Å². The average molecular weight is 379 g/mol. The first kappa shape index (κ1) is 18.5. The van der Waals surface area contributed by atoms with E-state index >= 15 is 0 Å². The number of hydrogen-bond donors (Lipinski definition) is 1. The molecule has 1 N–H and O–H groups in total. The zero-order valence-electron chi connectivity index (χ0n) is 12.3. The van der Waals surface area contributed by atoms with Crippen molar-refractivity contribution in [1.29, 1.82) is 0 Å². The number of Topliss-reactive ketones (excluding diaryl/α,β-unsaturated/α-hetero) is 1. The molecule has 0 bridgehead atoms. The van der Waals surface area contributed by atoms with Crippen LogP contribution in [0.4, 0.5) is 0 Å². The standard InChI is InChI=1S/C14H20BrO5P/c1-4-19-21(18,20-5-2)14(17,10-11(3)16)12-7-6-8-13(15)9-12/h6-9,17H,4-5,10H2,1-3H3. The van der Waals surface area contributed by atoms with Crippen molar-refractivity contribution in [1.82, 2.24) is 0 Å². The highest BCUT2D eigenvalue weighted by Crippen LogP contribution is 2.65. The Morgan fingerprint density at radius 2 is 1.90 bits per heavy atom. The SMILES string of the molecule is CCOP(=O)(OCC)C(O)(CC(C)=O)c1cccc(Br)c1. The molecule has 0 radical (unpaired) electrons. The quantitative estimate of drug-likeness (QED) is 0.695. The molecule has 7 heteroatoms. The van der Waals surface area contributed by atoms with Gasteiger partial charge in [-0.15, -0.1) is 0 Å². The number of carbonyl (C=O) groups is 1. The molecule has 0 saturated carbocycles. The predicted molar refractivity (Wildman–Crippen MR) is 84.2 cm³/mol. The first-order valence-corrected chi connectivity index (χ1v) is 8.99. The summed E-state index contributed by atoms with van der Waals surface area (Å²) in [5.41, 5.74) is 0.317. The van der Waals surface area contributed by atoms with Crippen LogP contribution in [0.15, 0.2) is 28.7 Å². The van der Waals surface area contributed by atoms with Gasteiger partial charge in [-0.2, -0.15) is 0 Å². The van der Waals surface area contributed by atoms with Crippen molar-refractivity contribution in [3.63, 3.8) is 0 Å². The van der Waals surface area contributed by atoms with Gasteiger partial charge in [0.25, 0.3) is 0 Å². The molecule has 5 nitrogen and oxygen atoms in total. The molecule has 0 aliphatic carbocycles. The lowest BCUT2D eigenvalue weighted by Gasteiger charge is -2.34. The fourth-order valence-corrected chi connectivity index (χ4v) is 4.48. The molecule has 0 heterocycles. The van der Waals surface area contributed by atoms with Crippen molar-refractivity contribution in [2.45, 2.75) is 32.5 Å². The van der Waals surface area contributed by atoms with E-state index < -0.39 is 12.9 Å². The second-order valence-corrected chi connectivity index (χ2v) is 7.71. The summed E-state index contributed by atoms with van der Waals surface area (Å²) in [6.45, 7) is 4.84. The van der Waals surface area contributed by atoms with Crippen LogP contribution in [-0.2, 0) is 23.7 Å². The van der Waals surface area contributed by atoms with E-state index in [9.17, 15) is 14.5 Å². The summed E-state index contributed by atoms with van der Waals surface area (Å²) in [5, 5.41) is 9.00. The van der Waals surface area contributed by atoms with E-state index in [1.54, 1.807) is 38.1 Å². The van der Waals surface area contributed by atoms with Crippen molar-refractivity contribution in [2.75, 3.05) is 13.2 Å². The van der Waals surface area contributed by atoms with Crippen molar-refractivity contribution in [3.8, 4) is 0 Å². The highest BCUT2D eigenvalue weighted by atomic mass is 79.9. The van der Waals surface area contributed by atoms with Gasteiger partial charge in [-0.3, -0.25) is 9.36 Å². The van der Waals surface area contributed by atoms with Crippen molar-refractivity contribution in [3.05, 3.63) is 34.3 Å². The molecule has 0 saturated heterocycles. The van der Waals surface area contributed by atoms with Crippen LogP contribution in [0.3, 0.4) is 0 Å². The van der Waals surface area contributed by atoms with Gasteiger partial charge in [0.05, 0.1) is 19.6 Å². The van der Waals surface area contributed by atoms with Crippen LogP contribution in [0.25, 0.3) is 0 Å². The van der Waals surface area contributed by atoms with Crippen molar-refractivity contribution in [2.24, 2.45) is 0 Å². The van der Waals surface area contributed by atoms with Gasteiger partial charge in [-0.1, -0.05) is 28.1 Å². The molecule has 1 unspecified atom stereocenters. The molecule has 1 atom stereocenters. The summed E-state index contributed by atoms with van der Waals surface area (Å²) in [5.74, 6) is -0.308. The fourth-order valence-electron chi connectivity index (χ4n) is 2.03. The van der Waals surface area contributed by atoms with E-state index in [0.717, 1.165) is 0 Å². The largest absolute Gasteiger partial charge is 0.373 e. The molecule has 0 aliphatic rings. The van der Waals surface area contributed by atoms with E-state index in [1.165, 1.54) is 6.92 Å². The molecule has 118 valence electrons. The molecule has 0 fully saturated rings. The monoisotopic (exact) mass is 378 g/mol. The minimum atomic E-state index is -3.92. The Morgan fingerprint density at radius 1 is 1.33 bits per heavy atom. The van der Waals surface area contributed by atoms with E-state index in [4.69, 9.17) is 9.05 Å². The Kier molecular flexibility index (Phi) is 6.75. The maximum Gasteiger partial charge on any atom is 0.366 e. The smallest absolute Gasteiger partial charge is 0.366 e. The van der Waals surface area contributed by atoms with Gasteiger partial charge in [0.15, 0.2) is 5.34 Å². The molecule has 0 aromatic heterocycles. The van der Waals surface area contributed by atoms with Crippen LogP contribution in [0.1, 0.15) is 32.8 Å². The van der Waals surface area contributed by atoms with Crippen LogP contribution in [0, 0.1) is 0 Å². The van der Waals surface area contributed by atoms with Crippen LogP contribution in [0.2, 0.25) is 0 Å². The Balaban J connectivity index is 3.43. The Bertz CT molecular complexity index is 538. The third-order valence-electron chi connectivity index (χ3n) is 2.83. The maximum absolute atomic E-state index is 13.0. The molecule has 0 aliphatic heterocycles. The molecule has 1 rings (SSSR count). The lowest BCUT2D eigenvalue weighted by atomic mass is 10.0. The molecule has 21 heavy (non-hydrogen) atoms. The third-order valence-corrected chi connectivity index (χ3v) is 5.85. The van der Waals surface area contributed by atoms with Crippen LogP contribution >= 0.6 is 23.5 Å². The van der Waals surface area contributed by atoms with E-state index in [2.05, 4.69) is 15.9 Å². The number of hydrogen-bond acceptors (Lipinski definition) is 5. The summed E-state index contributed by atoms with van der Waals surface area (Å²) >= 11 is 3.30. The number of ketones is 1. The lowest BCUT2D eigenvalue weighted by molar-refractivity contribution is -0.120. The Hall–Kier alpha value is -0.520. The Morgan fingerprint density at radius 3 is 2.33 bits per heavy atom. The van der Waals surface area contributed by atoms with E-state index in [1.807, 2.05) is 0 Å². The van der Waals surface area contributed by atoms with Gasteiger partial charge in [0.1, 0.15) is 5.78 Å². The molecule has 0 spiro atoms. The van der Waals surface area contributed by atoms with Crippen molar-refractivity contribution < 1.29 is 23.5 Å². The normalized spacial score (nSPS) is 14.7. The third kappa shape index (κ3) is 4.24. The summed E-state index contributed by atoms with van der Waals surface area (Å²) in [6.07, 6.45) is -0.346. The molecule has 0 amide bonds. The molecular weight excluding hydrogens is 359 g/mol. The van der Waals surface area contributed by atoms with Gasteiger partial charge in [0.2, 0.25) is 0 Å². The van der Waals surface area contributed by atoms with Gasteiger partial charge in [-0.05, 0) is 38.5 Å². The van der Waals surface area contributed by atoms with Gasteiger partial charge >= 0.3 is 7.60 Å². The minimum absolute atomic E-state index is 0.103. The van der Waals surface area contributed by atoms with Crippen molar-refractivity contribution >= 4 is 29.3 Å². The van der Waals surface area contributed by atoms with Gasteiger partial charge < -0.3 is 14.2 Å². The highest BCUT2D eigenvalue weighted by Gasteiger charge is 2.52. The second-order valence-electron chi connectivity index (χ2n) is 4.54. The van der Waals surface area contributed by atoms with Crippen LogP contribution in [0.5, 0.6) is 0 Å². The zero-order valence-corrected chi connectivity index (χ0v) is 14.8. The van der Waals surface area contributed by atoms with Crippen LogP contribution < -0.4 is 0 Å². The fraction of sp³-hybridized carbons (Fsp3) is 0.500. The predicted octanol–water partition coefficient (Wildman–Crippen LogP) is 3.84. The number of aliphatic hydroxyl groups is 1. The first-order valence-electron chi connectivity index (χ1n) is 6.66. The van der Waals surface area contributed by atoms with E-state index in [0.29, 0.717) is 10.0 Å². The number of benzene rings is 1. The van der Waals surface area contributed by atoms with Gasteiger partial charge in [-0.25, -0.2) is 0 Å². The highest BCUT2D eigenvalue weighted by molar-refractivity contribution is 9.10. The summed E-state index contributed by atoms with van der Waals surface area (Å²) in [6, 6.07) is 6.66. The molecule has 1 aromatic rings. The lowest BCUT2D eigenvalue weighted by Crippen LogP contribution is -2.30. The number of rotatable bonds is 8. The molecule has 1 aromatic carbocycles. The average Bonchev–Trinajstić information content (AvgIpc) is 2.38. The zero-order chi connectivity index (χ0) is 16.1. The first-order chi connectivity index (χ1) is 9.79. The maximum atomic E-state index is 13.0. The minimum Gasteiger partial charge on any atom is -0.373 e. The van der Waals surface area contributed by atoms with E-state index in [-0.39, 0.29) is 25.4 Å². The summed E-state index contributed by atoms with van der Waals surface area (Å²) < 4.78 is 24.2. The summed E-state index contributed by atoms with van der Waals surface area (Å²) in [7, 11) is -3.92.